The zero-order valence-electron chi connectivity index (χ0n) is 43.7. The minimum atomic E-state index is -1.35. The number of carboxylic acids is 1. The van der Waals surface area contributed by atoms with Gasteiger partial charge in [-0.15, -0.1) is 0 Å². The molecule has 5 N–H and O–H groups in total. The number of nitrogens with one attached hydrogen (secondary N) is 2. The van der Waals surface area contributed by atoms with Crippen molar-refractivity contribution in [3.8, 4) is 22.6 Å². The zero-order chi connectivity index (χ0) is 56.3. The van der Waals surface area contributed by atoms with Crippen LogP contribution in [0.4, 0.5) is 19.3 Å². The van der Waals surface area contributed by atoms with E-state index in [-0.39, 0.29) is 120 Å². The predicted octanol–water partition coefficient (Wildman–Crippen LogP) is 4.06. The molecule has 0 bridgehead atoms. The van der Waals surface area contributed by atoms with Gasteiger partial charge in [-0.3, -0.25) is 28.8 Å². The lowest BCUT2D eigenvalue weighted by Gasteiger charge is -2.31. The van der Waals surface area contributed by atoms with Gasteiger partial charge in [0.1, 0.15) is 23.6 Å². The van der Waals surface area contributed by atoms with Gasteiger partial charge in [-0.05, 0) is 62.7 Å². The van der Waals surface area contributed by atoms with Crippen LogP contribution in [0, 0.1) is 18.6 Å². The Bertz CT molecular complexity index is 3030. The van der Waals surface area contributed by atoms with Crippen LogP contribution in [0.2, 0.25) is 0 Å². The van der Waals surface area contributed by atoms with Crippen molar-refractivity contribution in [3.63, 3.8) is 0 Å². The number of aromatic nitrogens is 4. The van der Waals surface area contributed by atoms with Crippen LogP contribution in [0.15, 0.2) is 67.0 Å². The molecule has 2 aromatic carbocycles. The van der Waals surface area contributed by atoms with Crippen LogP contribution >= 0.6 is 0 Å². The number of imidazole rings is 1. The summed E-state index contributed by atoms with van der Waals surface area (Å²) in [5.41, 5.74) is 2.93. The minimum Gasteiger partial charge on any atom is -0.489 e. The second-order valence-electron chi connectivity index (χ2n) is 19.0. The van der Waals surface area contributed by atoms with E-state index in [1.807, 2.05) is 6.92 Å². The fraction of sp³-hybridized carbons (Fsp3) is 0.434. The molecule has 1 fully saturated rings. The van der Waals surface area contributed by atoms with Crippen LogP contribution in [0.3, 0.4) is 0 Å². The molecule has 78 heavy (non-hydrogen) atoms. The number of nitrogens with zero attached hydrogens (tertiary/aromatic N) is 6. The number of anilines is 1. The van der Waals surface area contributed by atoms with E-state index < -0.39 is 65.5 Å². The number of aliphatic hydroxyl groups excluding tert-OH is 1. The van der Waals surface area contributed by atoms with E-state index >= 15 is 4.39 Å². The van der Waals surface area contributed by atoms with Crippen molar-refractivity contribution < 1.29 is 81.3 Å². The molecule has 2 aliphatic rings. The molecule has 25 heteroatoms. The highest BCUT2D eigenvalue weighted by Gasteiger charge is 2.35. The van der Waals surface area contributed by atoms with E-state index in [9.17, 15) is 48.5 Å². The zero-order valence-corrected chi connectivity index (χ0v) is 43.7. The van der Waals surface area contributed by atoms with Crippen molar-refractivity contribution >= 4 is 47.0 Å². The maximum Gasteiger partial charge on any atom is 0.410 e. The molecule has 3 aromatic heterocycles. The van der Waals surface area contributed by atoms with Gasteiger partial charge in [-0.25, -0.2) is 19.0 Å². The summed E-state index contributed by atoms with van der Waals surface area (Å²) in [4.78, 5) is 80.9. The maximum atomic E-state index is 15.5. The van der Waals surface area contributed by atoms with Crippen molar-refractivity contribution in [2.24, 2.45) is 7.05 Å². The van der Waals surface area contributed by atoms with Gasteiger partial charge in [-0.2, -0.15) is 9.49 Å². The van der Waals surface area contributed by atoms with Crippen molar-refractivity contribution in [2.75, 3.05) is 58.5 Å². The number of amides is 5. The minimum absolute atomic E-state index is 0.0110. The van der Waals surface area contributed by atoms with Gasteiger partial charge in [-0.1, -0.05) is 6.07 Å². The van der Waals surface area contributed by atoms with E-state index in [4.69, 9.17) is 28.4 Å². The Labute approximate surface area is 446 Å². The lowest BCUT2D eigenvalue weighted by atomic mass is 9.98. The molecule has 0 saturated carbocycles. The number of halogens is 2. The number of pyridine rings is 1. The Morgan fingerprint density at radius 1 is 0.949 bits per heavy atom. The summed E-state index contributed by atoms with van der Waals surface area (Å²) >= 11 is 0. The number of imide groups is 1. The number of carbonyl (C=O) groups is 6. The Kier molecular flexibility index (Phi) is 19.3. The number of aryl methyl sites for hydroxylation is 1. The lowest BCUT2D eigenvalue weighted by Crippen LogP contribution is -2.42. The molecule has 5 heterocycles. The molecular formula is C53H62F2N8O15. The van der Waals surface area contributed by atoms with E-state index in [1.54, 1.807) is 60.6 Å². The van der Waals surface area contributed by atoms with Gasteiger partial charge in [0.05, 0.1) is 75.5 Å². The van der Waals surface area contributed by atoms with Gasteiger partial charge < -0.3 is 63.7 Å². The molecule has 1 saturated heterocycles. The quantitative estimate of drug-likeness (QED) is 0.0386. The summed E-state index contributed by atoms with van der Waals surface area (Å²) in [5, 5.41) is 40.4. The average molecular weight is 1090 g/mol. The summed E-state index contributed by atoms with van der Waals surface area (Å²) in [5.74, 6) is -5.58. The monoisotopic (exact) mass is 1090 g/mol. The first-order chi connectivity index (χ1) is 37.2. The highest BCUT2D eigenvalue weighted by molar-refractivity contribution is 6.12. The Morgan fingerprint density at radius 2 is 1.69 bits per heavy atom. The van der Waals surface area contributed by atoms with Crippen molar-refractivity contribution in [1.82, 2.24) is 34.3 Å². The number of ether oxygens (including phenoxy) is 6. The summed E-state index contributed by atoms with van der Waals surface area (Å²) in [6.45, 7) is 5.28. The third-order valence-electron chi connectivity index (χ3n) is 12.7. The highest BCUT2D eigenvalue weighted by atomic mass is 19.2. The number of benzene rings is 2. The van der Waals surface area contributed by atoms with Crippen molar-refractivity contribution in [2.45, 2.75) is 90.1 Å². The molecule has 5 aromatic rings. The number of fused-ring (bicyclic) bond motifs is 1. The number of aliphatic carboxylic acids is 1. The van der Waals surface area contributed by atoms with Crippen LogP contribution in [0.25, 0.3) is 16.8 Å². The molecule has 0 spiro atoms. The predicted molar refractivity (Wildman–Crippen MR) is 272 cm³/mol. The molecule has 0 aliphatic carbocycles. The summed E-state index contributed by atoms with van der Waals surface area (Å²) in [7, 11) is 3.25. The lowest BCUT2D eigenvalue weighted by molar-refractivity contribution is -0.195. The second kappa shape index (κ2) is 26.0. The fourth-order valence-corrected chi connectivity index (χ4v) is 8.48. The van der Waals surface area contributed by atoms with E-state index in [1.165, 1.54) is 42.3 Å². The summed E-state index contributed by atoms with van der Waals surface area (Å²) in [6, 6.07) is 10.2. The van der Waals surface area contributed by atoms with Crippen LogP contribution < -0.4 is 20.1 Å². The second-order valence-corrected chi connectivity index (χ2v) is 19.0. The number of carbonyl (C=O) groups excluding carboxylic acids is 5. The van der Waals surface area contributed by atoms with E-state index in [2.05, 4.69) is 20.7 Å². The Balaban J connectivity index is 0.941. The van der Waals surface area contributed by atoms with Crippen LogP contribution in [0.1, 0.15) is 67.7 Å². The third-order valence-corrected chi connectivity index (χ3v) is 12.7. The molecule has 7 rings (SSSR count). The fourth-order valence-electron chi connectivity index (χ4n) is 8.48. The average Bonchev–Trinajstić information content (AvgIpc) is 4.12. The Hall–Kier alpha value is -7.84. The van der Waals surface area contributed by atoms with Gasteiger partial charge in [0.25, 0.3) is 11.8 Å². The molecule has 3 atom stereocenters. The van der Waals surface area contributed by atoms with Gasteiger partial charge in [0.15, 0.2) is 17.7 Å². The number of hydrogen-bond acceptors (Lipinski definition) is 16. The molecule has 0 radical (unpaired) electrons. The molecule has 418 valence electrons. The summed E-state index contributed by atoms with van der Waals surface area (Å²) in [6.07, 6.45) is 1.07. The Morgan fingerprint density at radius 3 is 2.42 bits per heavy atom. The first-order valence-electron chi connectivity index (χ1n) is 25.0. The normalized spacial score (nSPS) is 16.4. The standard InChI is InChI=1S/C53H62F2N8O15/c1-31-36(50(53(2,3)72)59-61(31)5)15-20-75-49-37(8-9-38(54)48(49)55)33-7-11-42-57-27-34(63(42)28-33)29-60(4)52(71)76-30-32-6-10-40(77-47-26-35(64)25-41(78-47)51(69)70)39(24-32)58-44(66)14-17-56-43(65)16-19-73-22-23-74-21-18-62-45(67)12-13-46(62)68/h6-13,24,27-28,35,41,47,64,72H,14-23,25-26,29-30H2,1-5H3,(H,56,65)(H,58,66)(H,69,70). The molecule has 5 amide bonds. The largest absolute Gasteiger partial charge is 0.489 e. The first kappa shape index (κ1) is 57.9. The molecule has 3 unspecified atom stereocenters. The maximum absolute atomic E-state index is 15.5. The van der Waals surface area contributed by atoms with Gasteiger partial charge in [0, 0.05) is 93.5 Å². The number of carboxylic acid groups (broad SMARTS) is 1. The van der Waals surface area contributed by atoms with E-state index in [0.717, 1.165) is 22.2 Å². The number of aliphatic hydroxyl groups is 2. The number of rotatable bonds is 26. The third kappa shape index (κ3) is 15.0. The first-order valence-corrected chi connectivity index (χ1v) is 25.0. The number of hydrogen-bond donors (Lipinski definition) is 5. The van der Waals surface area contributed by atoms with Crippen LogP contribution in [-0.2, 0) is 75.1 Å². The van der Waals surface area contributed by atoms with Crippen molar-refractivity contribution in [1.29, 1.82) is 0 Å². The highest BCUT2D eigenvalue weighted by Crippen LogP contribution is 2.36. The molecule has 23 nitrogen and oxygen atoms in total. The smallest absolute Gasteiger partial charge is 0.410 e. The van der Waals surface area contributed by atoms with Crippen LogP contribution in [-0.4, -0.2) is 152 Å². The SMILES string of the molecule is Cc1c(CCOc2c(-c3ccc4ncc(CN(C)C(=O)OCc5ccc(OC6CC(O)CC(C(=O)O)O6)c(NC(=O)CCNC(=O)CCOCCOCCN6C(=O)C=CC6=O)c5)n4c3)ccc(F)c2F)c(C(C)(C)O)nn1C. The van der Waals surface area contributed by atoms with E-state index in [0.29, 0.717) is 28.2 Å². The summed E-state index contributed by atoms with van der Waals surface area (Å²) < 4.78 is 67.4. The molecule has 2 aliphatic heterocycles. The topological polar surface area (TPSA) is 284 Å². The van der Waals surface area contributed by atoms with Crippen molar-refractivity contribution in [3.05, 3.63) is 107 Å². The molecular weight excluding hydrogens is 1030 g/mol. The van der Waals surface area contributed by atoms with Crippen LogP contribution in [0.5, 0.6) is 11.5 Å². The van der Waals surface area contributed by atoms with Gasteiger partial charge >= 0.3 is 12.1 Å². The van der Waals surface area contributed by atoms with Gasteiger partial charge in [0.2, 0.25) is 23.9 Å².